The topological polar surface area (TPSA) is 97.2 Å². The van der Waals surface area contributed by atoms with E-state index >= 15 is 0 Å². The lowest BCUT2D eigenvalue weighted by Gasteiger charge is -2.30. The number of rotatable bonds is 6. The molecule has 0 atom stereocenters. The van der Waals surface area contributed by atoms with Crippen LogP contribution in [0.25, 0.3) is 11.3 Å². The smallest absolute Gasteiger partial charge is 0.270 e. The first-order valence-corrected chi connectivity index (χ1v) is 10.9. The maximum atomic E-state index is 14.6. The van der Waals surface area contributed by atoms with Crippen LogP contribution in [0.4, 0.5) is 10.3 Å². The van der Waals surface area contributed by atoms with Crippen LogP contribution in [0, 0.1) is 23.1 Å². The van der Waals surface area contributed by atoms with Crippen molar-refractivity contribution in [3.8, 4) is 17.3 Å². The molecule has 1 aliphatic heterocycles. The first kappa shape index (κ1) is 22.4. The van der Waals surface area contributed by atoms with Crippen molar-refractivity contribution in [2.45, 2.75) is 26.3 Å². The second-order valence-corrected chi connectivity index (χ2v) is 8.30. The summed E-state index contributed by atoms with van der Waals surface area (Å²) in [6, 6.07) is 15.9. The van der Waals surface area contributed by atoms with Crippen molar-refractivity contribution < 1.29 is 4.39 Å². The third-order valence-corrected chi connectivity index (χ3v) is 5.81. The number of likely N-dealkylation sites (tertiary alicyclic amines) is 1. The second kappa shape index (κ2) is 10.2. The van der Waals surface area contributed by atoms with Gasteiger partial charge in [-0.05, 0) is 43.5 Å². The summed E-state index contributed by atoms with van der Waals surface area (Å²) in [5.41, 5.74) is 4.18. The van der Waals surface area contributed by atoms with Crippen LogP contribution in [0.2, 0.25) is 0 Å². The molecule has 7 nitrogen and oxygen atoms in total. The highest BCUT2D eigenvalue weighted by molar-refractivity contribution is 5.80. The minimum atomic E-state index is -0.563. The van der Waals surface area contributed by atoms with Gasteiger partial charge in [-0.15, -0.1) is 0 Å². The predicted molar refractivity (Wildman–Crippen MR) is 126 cm³/mol. The third kappa shape index (κ3) is 5.51. The van der Waals surface area contributed by atoms with E-state index in [1.54, 1.807) is 36.4 Å². The average Bonchev–Trinajstić information content (AvgIpc) is 2.82. The minimum Gasteiger partial charge on any atom is -0.299 e. The summed E-state index contributed by atoms with van der Waals surface area (Å²) in [5.74, 6) is 0.556. The van der Waals surface area contributed by atoms with Crippen LogP contribution in [-0.4, -0.2) is 34.2 Å². The second-order valence-electron chi connectivity index (χ2n) is 8.30. The Morgan fingerprint density at radius 2 is 2.03 bits per heavy atom. The lowest BCUT2D eigenvalue weighted by molar-refractivity contribution is 0.183. The quantitative estimate of drug-likeness (QED) is 0.440. The molecule has 33 heavy (non-hydrogen) atoms. The molecule has 0 saturated carbocycles. The van der Waals surface area contributed by atoms with Gasteiger partial charge in [-0.1, -0.05) is 49.4 Å². The van der Waals surface area contributed by atoms with Crippen molar-refractivity contribution >= 4 is 12.2 Å². The SMILES string of the molecule is CC1CCN(Cc2ccc(C=NNc3nc(-c4ccccc4)c(C#N)c(=O)[nH]3)cc2F)CC1. The molecule has 1 aromatic heterocycles. The van der Waals surface area contributed by atoms with Crippen molar-refractivity contribution in [2.24, 2.45) is 11.0 Å². The normalized spacial score (nSPS) is 14.9. The molecule has 1 aliphatic rings. The van der Waals surface area contributed by atoms with Gasteiger partial charge in [-0.3, -0.25) is 14.7 Å². The van der Waals surface area contributed by atoms with Gasteiger partial charge in [0.05, 0.1) is 11.9 Å². The van der Waals surface area contributed by atoms with Gasteiger partial charge in [0.1, 0.15) is 17.4 Å². The Labute approximate surface area is 191 Å². The van der Waals surface area contributed by atoms with Crippen LogP contribution in [0.1, 0.15) is 36.5 Å². The Morgan fingerprint density at radius 3 is 2.73 bits per heavy atom. The molecular formula is C25H25FN6O. The number of piperidine rings is 1. The maximum Gasteiger partial charge on any atom is 0.270 e. The van der Waals surface area contributed by atoms with Crippen molar-refractivity contribution in [3.05, 3.63) is 81.4 Å². The number of hydrogen-bond donors (Lipinski definition) is 2. The van der Waals surface area contributed by atoms with Crippen molar-refractivity contribution in [3.63, 3.8) is 0 Å². The third-order valence-electron chi connectivity index (χ3n) is 5.81. The Morgan fingerprint density at radius 1 is 1.27 bits per heavy atom. The molecule has 0 amide bonds. The van der Waals surface area contributed by atoms with Gasteiger partial charge < -0.3 is 0 Å². The molecule has 0 spiro atoms. The Balaban J connectivity index is 1.46. The van der Waals surface area contributed by atoms with Crippen LogP contribution >= 0.6 is 0 Å². The Bertz CT molecular complexity index is 1240. The number of benzene rings is 2. The highest BCUT2D eigenvalue weighted by atomic mass is 19.1. The maximum absolute atomic E-state index is 14.6. The molecular weight excluding hydrogens is 419 g/mol. The number of hydrazone groups is 1. The monoisotopic (exact) mass is 444 g/mol. The fraction of sp³-hybridized carbons (Fsp3) is 0.280. The number of nitrogens with zero attached hydrogens (tertiary/aromatic N) is 4. The summed E-state index contributed by atoms with van der Waals surface area (Å²) in [6.07, 6.45) is 3.75. The van der Waals surface area contributed by atoms with Crippen LogP contribution in [0.5, 0.6) is 0 Å². The molecule has 8 heteroatoms. The van der Waals surface area contributed by atoms with Crippen LogP contribution in [0.3, 0.4) is 0 Å². The molecule has 1 fully saturated rings. The van der Waals surface area contributed by atoms with Crippen molar-refractivity contribution in [1.82, 2.24) is 14.9 Å². The zero-order valence-electron chi connectivity index (χ0n) is 18.4. The summed E-state index contributed by atoms with van der Waals surface area (Å²) in [7, 11) is 0. The zero-order valence-corrected chi connectivity index (χ0v) is 18.4. The van der Waals surface area contributed by atoms with Crippen LogP contribution in [0.15, 0.2) is 58.4 Å². The number of nitrogens with one attached hydrogen (secondary N) is 2. The number of aromatic amines is 1. The van der Waals surface area contributed by atoms with Crippen LogP contribution in [-0.2, 0) is 6.54 Å². The number of aromatic nitrogens is 2. The van der Waals surface area contributed by atoms with E-state index in [-0.39, 0.29) is 23.0 Å². The Kier molecular flexibility index (Phi) is 6.91. The van der Waals surface area contributed by atoms with Gasteiger partial charge >= 0.3 is 0 Å². The van der Waals surface area contributed by atoms with Gasteiger partial charge in [-0.25, -0.2) is 14.8 Å². The highest BCUT2D eigenvalue weighted by Crippen LogP contribution is 2.21. The highest BCUT2D eigenvalue weighted by Gasteiger charge is 2.17. The average molecular weight is 445 g/mol. The van der Waals surface area contributed by atoms with E-state index in [0.717, 1.165) is 31.8 Å². The van der Waals surface area contributed by atoms with E-state index in [9.17, 15) is 14.4 Å². The van der Waals surface area contributed by atoms with E-state index in [1.165, 1.54) is 12.3 Å². The number of anilines is 1. The minimum absolute atomic E-state index is 0.0726. The van der Waals surface area contributed by atoms with E-state index in [0.29, 0.717) is 23.2 Å². The lowest BCUT2D eigenvalue weighted by Crippen LogP contribution is -2.32. The molecule has 1 saturated heterocycles. The standard InChI is InChI=1S/C25H25FN6O/c1-17-9-11-32(12-10-17)16-20-8-7-18(13-22(20)26)15-28-31-25-29-23(19-5-3-2-4-6-19)21(14-27)24(33)30-25/h2-8,13,15,17H,9-12,16H2,1H3,(H2,29,30,31,33). The molecule has 0 bridgehead atoms. The molecule has 0 aliphatic carbocycles. The lowest BCUT2D eigenvalue weighted by atomic mass is 9.98. The van der Waals surface area contributed by atoms with Gasteiger partial charge in [0, 0.05) is 17.7 Å². The van der Waals surface area contributed by atoms with Crippen molar-refractivity contribution in [2.75, 3.05) is 18.5 Å². The summed E-state index contributed by atoms with van der Waals surface area (Å²) in [5, 5.41) is 13.4. The number of halogens is 1. The van der Waals surface area contributed by atoms with Crippen molar-refractivity contribution in [1.29, 1.82) is 5.26 Å². The number of nitriles is 1. The fourth-order valence-corrected chi connectivity index (χ4v) is 3.84. The number of H-pyrrole nitrogens is 1. The van der Waals surface area contributed by atoms with E-state index in [4.69, 9.17) is 0 Å². The molecule has 0 unspecified atom stereocenters. The van der Waals surface area contributed by atoms with Gasteiger partial charge in [-0.2, -0.15) is 10.4 Å². The zero-order chi connectivity index (χ0) is 23.2. The van der Waals surface area contributed by atoms with E-state index in [2.05, 4.69) is 32.3 Å². The molecule has 2 N–H and O–H groups in total. The number of hydrogen-bond acceptors (Lipinski definition) is 6. The summed E-state index contributed by atoms with van der Waals surface area (Å²) in [4.78, 5) is 21.4. The Hall–Kier alpha value is -3.83. The first-order valence-electron chi connectivity index (χ1n) is 10.9. The first-order chi connectivity index (χ1) is 16.0. The summed E-state index contributed by atoms with van der Waals surface area (Å²) >= 11 is 0. The molecule has 3 aromatic rings. The fourth-order valence-electron chi connectivity index (χ4n) is 3.84. The largest absolute Gasteiger partial charge is 0.299 e. The van der Waals surface area contributed by atoms with Gasteiger partial charge in [0.15, 0.2) is 0 Å². The molecule has 2 heterocycles. The molecule has 2 aromatic carbocycles. The van der Waals surface area contributed by atoms with E-state index < -0.39 is 5.56 Å². The molecule has 168 valence electrons. The molecule has 0 radical (unpaired) electrons. The molecule has 4 rings (SSSR count). The summed E-state index contributed by atoms with van der Waals surface area (Å²) < 4.78 is 14.6. The predicted octanol–water partition coefficient (Wildman–Crippen LogP) is 4.13. The van der Waals surface area contributed by atoms with Crippen LogP contribution < -0.4 is 11.0 Å². The van der Waals surface area contributed by atoms with Gasteiger partial charge in [0.25, 0.3) is 5.56 Å². The van der Waals surface area contributed by atoms with Gasteiger partial charge in [0.2, 0.25) is 5.95 Å². The summed E-state index contributed by atoms with van der Waals surface area (Å²) in [6.45, 7) is 4.85. The van der Waals surface area contributed by atoms with E-state index in [1.807, 2.05) is 12.1 Å².